The SMILES string of the molecule is COc1cc(OC)c(C(=O)CCC(C)=O)cc1OC. The topological polar surface area (TPSA) is 61.8 Å². The minimum Gasteiger partial charge on any atom is -0.496 e. The normalized spacial score (nSPS) is 9.89. The summed E-state index contributed by atoms with van der Waals surface area (Å²) in [4.78, 5) is 23.0. The van der Waals surface area contributed by atoms with Gasteiger partial charge in [0.2, 0.25) is 0 Å². The first-order valence-electron chi connectivity index (χ1n) is 5.86. The number of carbonyl (C=O) groups is 2. The largest absolute Gasteiger partial charge is 0.496 e. The quantitative estimate of drug-likeness (QED) is 0.708. The zero-order valence-corrected chi connectivity index (χ0v) is 11.6. The van der Waals surface area contributed by atoms with Crippen molar-refractivity contribution in [2.24, 2.45) is 0 Å². The number of carbonyl (C=O) groups excluding carboxylic acids is 2. The Morgan fingerprint density at radius 2 is 1.42 bits per heavy atom. The summed E-state index contributed by atoms with van der Waals surface area (Å²) in [6.45, 7) is 1.46. The lowest BCUT2D eigenvalue weighted by Crippen LogP contribution is -2.06. The molecule has 0 aromatic heterocycles. The fraction of sp³-hybridized carbons (Fsp3) is 0.429. The van der Waals surface area contributed by atoms with Crippen LogP contribution >= 0.6 is 0 Å². The van der Waals surface area contributed by atoms with E-state index in [1.807, 2.05) is 0 Å². The van der Waals surface area contributed by atoms with Gasteiger partial charge in [0.1, 0.15) is 11.5 Å². The van der Waals surface area contributed by atoms with Crippen molar-refractivity contribution in [1.29, 1.82) is 0 Å². The molecule has 0 atom stereocenters. The molecule has 0 radical (unpaired) electrons. The zero-order valence-electron chi connectivity index (χ0n) is 11.6. The number of benzene rings is 1. The molecule has 0 unspecified atom stereocenters. The van der Waals surface area contributed by atoms with Gasteiger partial charge in [0.15, 0.2) is 17.3 Å². The molecule has 5 heteroatoms. The lowest BCUT2D eigenvalue weighted by Gasteiger charge is -2.13. The Balaban J connectivity index is 3.10. The molecule has 104 valence electrons. The van der Waals surface area contributed by atoms with Crippen LogP contribution in [0, 0.1) is 0 Å². The van der Waals surface area contributed by atoms with E-state index in [4.69, 9.17) is 14.2 Å². The average Bonchev–Trinajstić information content (AvgIpc) is 2.42. The van der Waals surface area contributed by atoms with E-state index >= 15 is 0 Å². The standard InChI is InChI=1S/C14H18O5/c1-9(15)5-6-11(16)10-7-13(18-3)14(19-4)8-12(10)17-2/h7-8H,5-6H2,1-4H3. The molecule has 0 saturated carbocycles. The fourth-order valence-electron chi connectivity index (χ4n) is 1.67. The van der Waals surface area contributed by atoms with Gasteiger partial charge < -0.3 is 19.0 Å². The van der Waals surface area contributed by atoms with Crippen molar-refractivity contribution in [3.05, 3.63) is 17.7 Å². The Morgan fingerprint density at radius 3 is 1.89 bits per heavy atom. The van der Waals surface area contributed by atoms with Crippen LogP contribution in [0.1, 0.15) is 30.1 Å². The molecule has 0 spiro atoms. The summed E-state index contributed by atoms with van der Waals surface area (Å²) in [6, 6.07) is 3.17. The molecule has 0 amide bonds. The molecular weight excluding hydrogens is 248 g/mol. The second-order valence-electron chi connectivity index (χ2n) is 4.03. The molecule has 0 bridgehead atoms. The summed E-state index contributed by atoms with van der Waals surface area (Å²) >= 11 is 0. The zero-order chi connectivity index (χ0) is 14.4. The van der Waals surface area contributed by atoms with Gasteiger partial charge in [0.05, 0.1) is 26.9 Å². The lowest BCUT2D eigenvalue weighted by atomic mass is 10.0. The molecule has 0 heterocycles. The van der Waals surface area contributed by atoms with E-state index in [-0.39, 0.29) is 24.4 Å². The predicted octanol–water partition coefficient (Wildman–Crippen LogP) is 2.26. The first-order valence-corrected chi connectivity index (χ1v) is 5.86. The predicted molar refractivity (Wildman–Crippen MR) is 70.3 cm³/mol. The highest BCUT2D eigenvalue weighted by Crippen LogP contribution is 2.35. The van der Waals surface area contributed by atoms with Crippen molar-refractivity contribution < 1.29 is 23.8 Å². The number of rotatable bonds is 7. The maximum Gasteiger partial charge on any atom is 0.167 e. The molecular formula is C14H18O5. The van der Waals surface area contributed by atoms with Gasteiger partial charge in [-0.25, -0.2) is 0 Å². The van der Waals surface area contributed by atoms with Crippen molar-refractivity contribution in [1.82, 2.24) is 0 Å². The van der Waals surface area contributed by atoms with Crippen LogP contribution in [0.4, 0.5) is 0 Å². The summed E-state index contributed by atoms with van der Waals surface area (Å²) in [6.07, 6.45) is 0.373. The van der Waals surface area contributed by atoms with Crippen LogP contribution in [0.5, 0.6) is 17.2 Å². The summed E-state index contributed by atoms with van der Waals surface area (Å²) in [5, 5.41) is 0. The summed E-state index contributed by atoms with van der Waals surface area (Å²) in [7, 11) is 4.48. The van der Waals surface area contributed by atoms with Gasteiger partial charge in [0, 0.05) is 18.9 Å². The molecule has 1 aromatic rings. The van der Waals surface area contributed by atoms with Crippen molar-refractivity contribution in [2.75, 3.05) is 21.3 Å². The Morgan fingerprint density at radius 1 is 0.895 bits per heavy atom. The minimum absolute atomic E-state index is 0.0206. The van der Waals surface area contributed by atoms with Crippen molar-refractivity contribution >= 4 is 11.6 Å². The maximum atomic E-state index is 12.1. The summed E-state index contributed by atoms with van der Waals surface area (Å²) in [5.41, 5.74) is 0.390. The van der Waals surface area contributed by atoms with Gasteiger partial charge in [-0.15, -0.1) is 0 Å². The van der Waals surface area contributed by atoms with E-state index in [1.165, 1.54) is 28.3 Å². The number of ketones is 2. The Bertz CT molecular complexity index is 479. The van der Waals surface area contributed by atoms with Gasteiger partial charge in [-0.2, -0.15) is 0 Å². The molecule has 0 aliphatic heterocycles. The van der Waals surface area contributed by atoms with Crippen LogP contribution in [-0.4, -0.2) is 32.9 Å². The third kappa shape index (κ3) is 3.71. The molecule has 1 aromatic carbocycles. The fourth-order valence-corrected chi connectivity index (χ4v) is 1.67. The smallest absolute Gasteiger partial charge is 0.167 e. The van der Waals surface area contributed by atoms with Gasteiger partial charge in [-0.3, -0.25) is 4.79 Å². The lowest BCUT2D eigenvalue weighted by molar-refractivity contribution is -0.116. The molecule has 19 heavy (non-hydrogen) atoms. The second-order valence-corrected chi connectivity index (χ2v) is 4.03. The van der Waals surface area contributed by atoms with Crippen LogP contribution in [0.3, 0.4) is 0 Å². The van der Waals surface area contributed by atoms with E-state index in [0.29, 0.717) is 22.8 Å². The Labute approximate surface area is 112 Å². The Hall–Kier alpha value is -2.04. The highest BCUT2D eigenvalue weighted by molar-refractivity contribution is 6.01. The van der Waals surface area contributed by atoms with Crippen LogP contribution in [0.15, 0.2) is 12.1 Å². The van der Waals surface area contributed by atoms with Crippen LogP contribution < -0.4 is 14.2 Å². The number of Topliss-reactive ketones (excluding diaryl/α,β-unsaturated/α-hetero) is 2. The molecule has 0 fully saturated rings. The number of hydrogen-bond donors (Lipinski definition) is 0. The average molecular weight is 266 g/mol. The monoisotopic (exact) mass is 266 g/mol. The third-order valence-corrected chi connectivity index (χ3v) is 2.71. The summed E-state index contributed by atoms with van der Waals surface area (Å²) < 4.78 is 15.5. The van der Waals surface area contributed by atoms with Gasteiger partial charge in [0.25, 0.3) is 0 Å². The highest BCUT2D eigenvalue weighted by Gasteiger charge is 2.17. The summed E-state index contributed by atoms with van der Waals surface area (Å²) in [5.74, 6) is 1.17. The highest BCUT2D eigenvalue weighted by atomic mass is 16.5. The van der Waals surface area contributed by atoms with Gasteiger partial charge >= 0.3 is 0 Å². The first kappa shape index (κ1) is 15.0. The van der Waals surface area contributed by atoms with Crippen LogP contribution in [0.2, 0.25) is 0 Å². The molecule has 0 saturated heterocycles. The molecule has 0 N–H and O–H groups in total. The molecule has 1 rings (SSSR count). The third-order valence-electron chi connectivity index (χ3n) is 2.71. The minimum atomic E-state index is -0.159. The first-order chi connectivity index (χ1) is 9.03. The number of ether oxygens (including phenoxy) is 3. The molecule has 0 aliphatic carbocycles. The molecule has 5 nitrogen and oxygen atoms in total. The van der Waals surface area contributed by atoms with E-state index in [2.05, 4.69) is 0 Å². The van der Waals surface area contributed by atoms with Gasteiger partial charge in [-0.1, -0.05) is 0 Å². The van der Waals surface area contributed by atoms with E-state index in [1.54, 1.807) is 12.1 Å². The van der Waals surface area contributed by atoms with E-state index < -0.39 is 0 Å². The second kappa shape index (κ2) is 6.78. The maximum absolute atomic E-state index is 12.1. The van der Waals surface area contributed by atoms with Gasteiger partial charge in [-0.05, 0) is 13.0 Å². The number of methoxy groups -OCH3 is 3. The van der Waals surface area contributed by atoms with Crippen molar-refractivity contribution in [3.63, 3.8) is 0 Å². The van der Waals surface area contributed by atoms with Crippen LogP contribution in [0.25, 0.3) is 0 Å². The molecule has 0 aliphatic rings. The number of hydrogen-bond acceptors (Lipinski definition) is 5. The van der Waals surface area contributed by atoms with Crippen molar-refractivity contribution in [3.8, 4) is 17.2 Å². The van der Waals surface area contributed by atoms with Crippen molar-refractivity contribution in [2.45, 2.75) is 19.8 Å². The van der Waals surface area contributed by atoms with E-state index in [0.717, 1.165) is 0 Å². The van der Waals surface area contributed by atoms with E-state index in [9.17, 15) is 9.59 Å². The van der Waals surface area contributed by atoms with Crippen LogP contribution in [-0.2, 0) is 4.79 Å². The Kier molecular flexibility index (Phi) is 5.36.